The number of hydrogen-bond donors (Lipinski definition) is 0. The molecule has 0 bridgehead atoms. The van der Waals surface area contributed by atoms with Crippen LogP contribution < -0.4 is 0 Å². The minimum Gasteiger partial charge on any atom is -0.294 e. The van der Waals surface area contributed by atoms with Crippen molar-refractivity contribution in [2.24, 2.45) is 0 Å². The number of aromatic nitrogens is 2. The predicted octanol–water partition coefficient (Wildman–Crippen LogP) is 7.03. The summed E-state index contributed by atoms with van der Waals surface area (Å²) in [6.45, 7) is 4.15. The van der Waals surface area contributed by atoms with Crippen LogP contribution in [0.25, 0.3) is 21.8 Å². The highest BCUT2D eigenvalue weighted by Gasteiger charge is 2.14. The van der Waals surface area contributed by atoms with E-state index < -0.39 is 0 Å². The van der Waals surface area contributed by atoms with Gasteiger partial charge in [0.05, 0.1) is 11.0 Å². The Bertz CT molecular complexity index is 1450. The molecule has 36 heavy (non-hydrogen) atoms. The molecule has 0 unspecified atom stereocenters. The number of aryl methyl sites for hydroxylation is 4. The van der Waals surface area contributed by atoms with Crippen LogP contribution in [0, 0.1) is 13.8 Å². The first kappa shape index (κ1) is 23.6. The zero-order valence-electron chi connectivity index (χ0n) is 20.6. The van der Waals surface area contributed by atoms with Gasteiger partial charge in [-0.1, -0.05) is 72.8 Å². The maximum Gasteiger partial charge on any atom is 0.163 e. The Balaban J connectivity index is 1.45. The Hall–Kier alpha value is -4.18. The molecule has 0 radical (unpaired) electrons. The first-order valence-electron chi connectivity index (χ1n) is 12.4. The lowest BCUT2D eigenvalue weighted by Crippen LogP contribution is -2.04. The van der Waals surface area contributed by atoms with E-state index in [0.29, 0.717) is 25.7 Å². The van der Waals surface area contributed by atoms with Crippen molar-refractivity contribution >= 4 is 33.4 Å². The van der Waals surface area contributed by atoms with Crippen LogP contribution in [0.2, 0.25) is 0 Å². The van der Waals surface area contributed by atoms with Gasteiger partial charge in [0.1, 0.15) is 0 Å². The van der Waals surface area contributed by atoms with Crippen molar-refractivity contribution in [3.63, 3.8) is 0 Å². The van der Waals surface area contributed by atoms with Crippen LogP contribution in [0.1, 0.15) is 56.1 Å². The molecule has 0 saturated carbocycles. The number of hydrogen-bond acceptors (Lipinski definition) is 4. The Labute approximate surface area is 211 Å². The lowest BCUT2D eigenvalue weighted by atomic mass is 9.99. The highest BCUT2D eigenvalue weighted by atomic mass is 16.1. The van der Waals surface area contributed by atoms with Crippen LogP contribution in [-0.4, -0.2) is 21.5 Å². The summed E-state index contributed by atoms with van der Waals surface area (Å²) in [6.07, 6.45) is 1.97. The van der Waals surface area contributed by atoms with Crippen LogP contribution in [-0.2, 0) is 12.8 Å². The molecule has 0 amide bonds. The van der Waals surface area contributed by atoms with E-state index in [2.05, 4.69) is 38.1 Å². The zero-order chi connectivity index (χ0) is 25.1. The molecular weight excluding hydrogens is 444 g/mol. The summed E-state index contributed by atoms with van der Waals surface area (Å²) in [4.78, 5) is 35.2. The highest BCUT2D eigenvalue weighted by Crippen LogP contribution is 2.28. The molecule has 0 N–H and O–H groups in total. The van der Waals surface area contributed by atoms with Gasteiger partial charge in [-0.25, -0.2) is 0 Å². The molecule has 0 saturated heterocycles. The van der Waals surface area contributed by atoms with Gasteiger partial charge >= 0.3 is 0 Å². The fraction of sp³-hybridized carbons (Fsp3) is 0.188. The summed E-state index contributed by atoms with van der Waals surface area (Å²) < 4.78 is 0. The van der Waals surface area contributed by atoms with Gasteiger partial charge in [0.25, 0.3) is 0 Å². The quantitative estimate of drug-likeness (QED) is 0.180. The molecular formula is C32H28N2O2. The van der Waals surface area contributed by atoms with Crippen molar-refractivity contribution in [2.45, 2.75) is 39.5 Å². The maximum absolute atomic E-state index is 12.6. The molecule has 0 aliphatic heterocycles. The third-order valence-electron chi connectivity index (χ3n) is 6.69. The molecule has 5 rings (SSSR count). The van der Waals surface area contributed by atoms with Crippen molar-refractivity contribution in [1.82, 2.24) is 9.97 Å². The first-order chi connectivity index (χ1) is 17.5. The molecule has 4 heteroatoms. The van der Waals surface area contributed by atoms with Crippen LogP contribution in [0.3, 0.4) is 0 Å². The predicted molar refractivity (Wildman–Crippen MR) is 145 cm³/mol. The lowest BCUT2D eigenvalue weighted by Gasteiger charge is -2.12. The minimum atomic E-state index is 0.118. The molecule has 178 valence electrons. The summed E-state index contributed by atoms with van der Waals surface area (Å²) in [5.41, 5.74) is 7.19. The summed E-state index contributed by atoms with van der Waals surface area (Å²) in [5.74, 6) is 0.236. The molecule has 0 aliphatic carbocycles. The van der Waals surface area contributed by atoms with Crippen LogP contribution >= 0.6 is 0 Å². The van der Waals surface area contributed by atoms with Gasteiger partial charge in [0.15, 0.2) is 11.6 Å². The van der Waals surface area contributed by atoms with E-state index in [-0.39, 0.29) is 11.6 Å². The molecule has 0 fully saturated rings. The normalized spacial score (nSPS) is 11.2. The number of benzene rings is 3. The number of Topliss-reactive ketones (excluding diaryl/α,β-unsaturated/α-hetero) is 2. The summed E-state index contributed by atoms with van der Waals surface area (Å²) in [5, 5.41) is 2.12. The second-order valence-corrected chi connectivity index (χ2v) is 9.30. The monoisotopic (exact) mass is 472 g/mol. The van der Waals surface area contributed by atoms with Crippen molar-refractivity contribution in [3.8, 4) is 0 Å². The molecule has 3 aromatic carbocycles. The zero-order valence-corrected chi connectivity index (χ0v) is 20.6. The molecule has 0 atom stereocenters. The van der Waals surface area contributed by atoms with Gasteiger partial charge in [-0.15, -0.1) is 0 Å². The fourth-order valence-corrected chi connectivity index (χ4v) is 4.73. The number of nitrogens with zero attached hydrogens (tertiary/aromatic N) is 2. The summed E-state index contributed by atoms with van der Waals surface area (Å²) in [6, 6.07) is 27.1. The Kier molecular flexibility index (Phi) is 6.68. The molecule has 0 spiro atoms. The molecule has 0 aliphatic rings. The molecule has 5 aromatic rings. The van der Waals surface area contributed by atoms with Crippen molar-refractivity contribution in [1.29, 1.82) is 0 Å². The number of rotatable bonds is 8. The van der Waals surface area contributed by atoms with Crippen LogP contribution in [0.15, 0.2) is 84.9 Å². The fourth-order valence-electron chi connectivity index (χ4n) is 4.73. The third-order valence-corrected chi connectivity index (χ3v) is 6.69. The van der Waals surface area contributed by atoms with E-state index in [1.807, 2.05) is 60.7 Å². The topological polar surface area (TPSA) is 59.9 Å². The van der Waals surface area contributed by atoms with Crippen molar-refractivity contribution < 1.29 is 9.59 Å². The molecule has 4 nitrogen and oxygen atoms in total. The molecule has 2 heterocycles. The number of pyridine rings is 2. The van der Waals surface area contributed by atoms with Crippen LogP contribution in [0.5, 0.6) is 0 Å². The van der Waals surface area contributed by atoms with Crippen LogP contribution in [0.4, 0.5) is 0 Å². The second-order valence-electron chi connectivity index (χ2n) is 9.30. The number of ketones is 2. The van der Waals surface area contributed by atoms with E-state index in [1.54, 1.807) is 0 Å². The Morgan fingerprint density at radius 1 is 0.583 bits per heavy atom. The summed E-state index contributed by atoms with van der Waals surface area (Å²) >= 11 is 0. The second kappa shape index (κ2) is 10.2. The van der Waals surface area contributed by atoms with E-state index >= 15 is 0 Å². The van der Waals surface area contributed by atoms with Gasteiger partial charge < -0.3 is 0 Å². The van der Waals surface area contributed by atoms with Gasteiger partial charge in [-0.05, 0) is 49.9 Å². The van der Waals surface area contributed by atoms with E-state index in [4.69, 9.17) is 9.97 Å². The lowest BCUT2D eigenvalue weighted by molar-refractivity contribution is 0.0974. The average molecular weight is 473 g/mol. The van der Waals surface area contributed by atoms with E-state index in [9.17, 15) is 9.59 Å². The van der Waals surface area contributed by atoms with Gasteiger partial charge in [-0.3, -0.25) is 19.6 Å². The first-order valence-corrected chi connectivity index (χ1v) is 12.4. The Morgan fingerprint density at radius 3 is 1.36 bits per heavy atom. The van der Waals surface area contributed by atoms with Gasteiger partial charge in [-0.2, -0.15) is 0 Å². The van der Waals surface area contributed by atoms with Gasteiger partial charge in [0, 0.05) is 46.1 Å². The summed E-state index contributed by atoms with van der Waals surface area (Å²) in [7, 11) is 0. The van der Waals surface area contributed by atoms with Crippen molar-refractivity contribution in [3.05, 3.63) is 119 Å². The van der Waals surface area contributed by atoms with E-state index in [0.717, 1.165) is 55.4 Å². The average Bonchev–Trinajstić information content (AvgIpc) is 2.91. The largest absolute Gasteiger partial charge is 0.294 e. The highest BCUT2D eigenvalue weighted by molar-refractivity contribution is 6.05. The maximum atomic E-state index is 12.6. The third kappa shape index (κ3) is 4.94. The number of carbonyl (C=O) groups is 2. The Morgan fingerprint density at radius 2 is 0.972 bits per heavy atom. The number of fused-ring (bicyclic) bond motifs is 3. The number of carbonyl (C=O) groups excluding carboxylic acids is 2. The van der Waals surface area contributed by atoms with Crippen molar-refractivity contribution in [2.75, 3.05) is 0 Å². The van der Waals surface area contributed by atoms with Gasteiger partial charge in [0.2, 0.25) is 0 Å². The standard InChI is InChI=1S/C32H28N2O2/c1-21-19-25(13-17-29(35)23-9-5-3-6-10-23)33-31-27(21)15-16-28-22(2)20-26(34-32(28)31)14-18-30(36)24-11-7-4-8-12-24/h3-12,15-16,19-20H,13-14,17-18H2,1-2H3. The smallest absolute Gasteiger partial charge is 0.163 e. The molecule has 2 aromatic heterocycles. The minimum absolute atomic E-state index is 0.118. The van der Waals surface area contributed by atoms with E-state index in [1.165, 1.54) is 0 Å². The SMILES string of the molecule is Cc1cc(CCC(=O)c2ccccc2)nc2c1ccc1c(C)cc(CCC(=O)c3ccccc3)nc12.